The highest BCUT2D eigenvalue weighted by Gasteiger charge is 2.26. The number of rotatable bonds is 4. The Morgan fingerprint density at radius 2 is 2.17 bits per heavy atom. The zero-order valence-electron chi connectivity index (χ0n) is 13.5. The number of para-hydroxylation sites is 1. The summed E-state index contributed by atoms with van der Waals surface area (Å²) in [7, 11) is 0. The van der Waals surface area contributed by atoms with Crippen molar-refractivity contribution in [2.75, 3.05) is 29.0 Å². The molecular formula is C18H20ClN3O2. The minimum atomic E-state index is -0.123. The normalized spacial score (nSPS) is 16.2. The molecule has 0 saturated carbocycles. The lowest BCUT2D eigenvalue weighted by atomic mass is 10.1. The van der Waals surface area contributed by atoms with Crippen LogP contribution in [-0.4, -0.2) is 25.1 Å². The van der Waals surface area contributed by atoms with Crippen LogP contribution in [0.2, 0.25) is 5.02 Å². The Morgan fingerprint density at radius 3 is 2.92 bits per heavy atom. The molecule has 0 radical (unpaired) electrons. The van der Waals surface area contributed by atoms with Crippen molar-refractivity contribution < 1.29 is 9.53 Å². The van der Waals surface area contributed by atoms with E-state index in [9.17, 15) is 4.79 Å². The predicted molar refractivity (Wildman–Crippen MR) is 97.9 cm³/mol. The molecule has 3 rings (SSSR count). The maximum Gasteiger partial charge on any atom is 0.243 e. The number of carbonyl (C=O) groups excluding carboxylic acids is 1. The van der Waals surface area contributed by atoms with E-state index >= 15 is 0 Å². The summed E-state index contributed by atoms with van der Waals surface area (Å²) in [5.74, 6) is 0.598. The van der Waals surface area contributed by atoms with Crippen molar-refractivity contribution in [1.82, 2.24) is 0 Å². The van der Waals surface area contributed by atoms with E-state index in [0.29, 0.717) is 22.9 Å². The lowest BCUT2D eigenvalue weighted by Crippen LogP contribution is -2.43. The molecule has 1 amide bonds. The molecule has 3 N–H and O–H groups in total. The topological polar surface area (TPSA) is 67.6 Å². The molecule has 2 aromatic carbocycles. The van der Waals surface area contributed by atoms with Crippen molar-refractivity contribution in [1.29, 1.82) is 0 Å². The number of halogens is 1. The van der Waals surface area contributed by atoms with Gasteiger partial charge in [-0.15, -0.1) is 0 Å². The summed E-state index contributed by atoms with van der Waals surface area (Å²) in [6.07, 6.45) is 0.893. The zero-order chi connectivity index (χ0) is 17.1. The predicted octanol–water partition coefficient (Wildman–Crippen LogP) is 3.54. The number of amides is 1. The number of hydrogen-bond donors (Lipinski definition) is 2. The largest absolute Gasteiger partial charge is 0.486 e. The van der Waals surface area contributed by atoms with E-state index in [-0.39, 0.29) is 18.6 Å². The minimum Gasteiger partial charge on any atom is -0.486 e. The first kappa shape index (κ1) is 16.5. The Balaban J connectivity index is 1.77. The summed E-state index contributed by atoms with van der Waals surface area (Å²) in [4.78, 5) is 14.4. The molecular weight excluding hydrogens is 326 g/mol. The molecule has 2 aromatic rings. The van der Waals surface area contributed by atoms with Gasteiger partial charge in [0.15, 0.2) is 0 Å². The van der Waals surface area contributed by atoms with Crippen LogP contribution in [0.25, 0.3) is 0 Å². The van der Waals surface area contributed by atoms with E-state index < -0.39 is 0 Å². The highest BCUT2D eigenvalue weighted by Crippen LogP contribution is 2.35. The minimum absolute atomic E-state index is 0.0346. The molecule has 0 aromatic heterocycles. The van der Waals surface area contributed by atoms with Crippen LogP contribution in [0.1, 0.15) is 13.3 Å². The van der Waals surface area contributed by atoms with Gasteiger partial charge < -0.3 is 20.7 Å². The van der Waals surface area contributed by atoms with Gasteiger partial charge in [-0.3, -0.25) is 4.79 Å². The van der Waals surface area contributed by atoms with Crippen molar-refractivity contribution in [3.63, 3.8) is 0 Å². The number of carbonyl (C=O) groups is 1. The van der Waals surface area contributed by atoms with Gasteiger partial charge in [-0.05, 0) is 30.7 Å². The maximum atomic E-state index is 12.4. The molecule has 126 valence electrons. The van der Waals surface area contributed by atoms with Crippen LogP contribution in [-0.2, 0) is 4.79 Å². The van der Waals surface area contributed by atoms with Gasteiger partial charge in [-0.1, -0.05) is 30.7 Å². The molecule has 0 saturated heterocycles. The van der Waals surface area contributed by atoms with E-state index in [1.807, 2.05) is 29.2 Å². The third-order valence-corrected chi connectivity index (χ3v) is 4.31. The molecule has 0 spiro atoms. The number of nitrogens with zero attached hydrogens (tertiary/aromatic N) is 1. The molecule has 1 atom stereocenters. The van der Waals surface area contributed by atoms with E-state index in [4.69, 9.17) is 22.1 Å². The van der Waals surface area contributed by atoms with Crippen LogP contribution >= 0.6 is 11.6 Å². The van der Waals surface area contributed by atoms with Gasteiger partial charge in [0, 0.05) is 11.8 Å². The van der Waals surface area contributed by atoms with E-state index in [2.05, 4.69) is 12.2 Å². The lowest BCUT2D eigenvalue weighted by molar-refractivity contribution is -0.115. The standard InChI is InChI=1S/C18H20ClN3O2/c1-2-13-10-22(16-8-7-12(20)9-17(16)24-13)11-18(23)21-15-6-4-3-5-14(15)19/h3-9,13H,2,10-11,20H2,1H3,(H,21,23). The summed E-state index contributed by atoms with van der Waals surface area (Å²) < 4.78 is 5.94. The fraction of sp³-hybridized carbons (Fsp3) is 0.278. The van der Waals surface area contributed by atoms with Crippen LogP contribution in [0.15, 0.2) is 42.5 Å². The highest BCUT2D eigenvalue weighted by molar-refractivity contribution is 6.33. The van der Waals surface area contributed by atoms with Crippen LogP contribution in [0.3, 0.4) is 0 Å². The van der Waals surface area contributed by atoms with Gasteiger partial charge in [-0.2, -0.15) is 0 Å². The van der Waals surface area contributed by atoms with Gasteiger partial charge in [0.2, 0.25) is 5.91 Å². The molecule has 24 heavy (non-hydrogen) atoms. The van der Waals surface area contributed by atoms with Crippen molar-refractivity contribution in [3.8, 4) is 5.75 Å². The van der Waals surface area contributed by atoms with Crippen LogP contribution in [0.5, 0.6) is 5.75 Å². The number of nitrogens with two attached hydrogens (primary N) is 1. The van der Waals surface area contributed by atoms with Crippen LogP contribution in [0.4, 0.5) is 17.1 Å². The van der Waals surface area contributed by atoms with E-state index in [1.165, 1.54) is 0 Å². The van der Waals surface area contributed by atoms with E-state index in [0.717, 1.165) is 17.9 Å². The number of nitrogen functional groups attached to an aromatic ring is 1. The van der Waals surface area contributed by atoms with Gasteiger partial charge in [0.25, 0.3) is 0 Å². The SMILES string of the molecule is CCC1CN(CC(=O)Nc2ccccc2Cl)c2ccc(N)cc2O1. The number of anilines is 3. The fourth-order valence-electron chi connectivity index (χ4n) is 2.74. The summed E-state index contributed by atoms with van der Waals surface area (Å²) in [6, 6.07) is 12.7. The second-order valence-corrected chi connectivity index (χ2v) is 6.19. The first-order valence-electron chi connectivity index (χ1n) is 7.92. The Kier molecular flexibility index (Phi) is 4.81. The van der Waals surface area contributed by atoms with E-state index in [1.54, 1.807) is 18.2 Å². The van der Waals surface area contributed by atoms with Crippen LogP contribution < -0.4 is 20.7 Å². The Bertz CT molecular complexity index is 751. The summed E-state index contributed by atoms with van der Waals surface area (Å²) in [5.41, 5.74) is 7.98. The van der Waals surface area contributed by atoms with Crippen molar-refractivity contribution in [2.45, 2.75) is 19.4 Å². The third-order valence-electron chi connectivity index (χ3n) is 3.98. The first-order valence-corrected chi connectivity index (χ1v) is 8.30. The summed E-state index contributed by atoms with van der Waals surface area (Å²) in [5, 5.41) is 3.38. The lowest BCUT2D eigenvalue weighted by Gasteiger charge is -2.35. The fourth-order valence-corrected chi connectivity index (χ4v) is 2.92. The first-order chi connectivity index (χ1) is 11.6. The molecule has 1 aliphatic heterocycles. The Labute approximate surface area is 146 Å². The molecule has 0 bridgehead atoms. The average molecular weight is 346 g/mol. The Hall–Kier alpha value is -2.40. The zero-order valence-corrected chi connectivity index (χ0v) is 14.2. The third kappa shape index (κ3) is 3.57. The maximum absolute atomic E-state index is 12.4. The molecule has 1 aliphatic rings. The van der Waals surface area contributed by atoms with Crippen LogP contribution in [0, 0.1) is 0 Å². The number of ether oxygens (including phenoxy) is 1. The smallest absolute Gasteiger partial charge is 0.243 e. The second kappa shape index (κ2) is 7.01. The summed E-state index contributed by atoms with van der Waals surface area (Å²) >= 11 is 6.09. The Morgan fingerprint density at radius 1 is 1.38 bits per heavy atom. The molecule has 6 heteroatoms. The van der Waals surface area contributed by atoms with Crippen molar-refractivity contribution in [3.05, 3.63) is 47.5 Å². The summed E-state index contributed by atoms with van der Waals surface area (Å²) in [6.45, 7) is 2.94. The molecule has 1 heterocycles. The quantitative estimate of drug-likeness (QED) is 0.832. The number of hydrogen-bond acceptors (Lipinski definition) is 4. The highest BCUT2D eigenvalue weighted by atomic mass is 35.5. The average Bonchev–Trinajstić information content (AvgIpc) is 2.56. The van der Waals surface area contributed by atoms with Crippen molar-refractivity contribution >= 4 is 34.6 Å². The monoisotopic (exact) mass is 345 g/mol. The molecule has 5 nitrogen and oxygen atoms in total. The van der Waals surface area contributed by atoms with Gasteiger partial charge in [-0.25, -0.2) is 0 Å². The molecule has 0 aliphatic carbocycles. The number of benzene rings is 2. The number of fused-ring (bicyclic) bond motifs is 1. The molecule has 0 fully saturated rings. The van der Waals surface area contributed by atoms with Gasteiger partial charge >= 0.3 is 0 Å². The van der Waals surface area contributed by atoms with Gasteiger partial charge in [0.1, 0.15) is 11.9 Å². The number of nitrogens with one attached hydrogen (secondary N) is 1. The van der Waals surface area contributed by atoms with Crippen molar-refractivity contribution in [2.24, 2.45) is 0 Å². The molecule has 1 unspecified atom stereocenters. The second-order valence-electron chi connectivity index (χ2n) is 5.78. The van der Waals surface area contributed by atoms with Gasteiger partial charge in [0.05, 0.1) is 29.5 Å².